The molecule has 1 aromatic heterocycles. The molecular weight excluding hydrogens is 419 g/mol. The van der Waals surface area contributed by atoms with Gasteiger partial charge in [0.15, 0.2) is 0 Å². The van der Waals surface area contributed by atoms with E-state index in [0.29, 0.717) is 0 Å². The molecule has 1 aromatic carbocycles. The summed E-state index contributed by atoms with van der Waals surface area (Å²) in [5.74, 6) is 1.28. The van der Waals surface area contributed by atoms with Crippen LogP contribution in [0.1, 0.15) is 4.88 Å². The number of anilines is 1. The Labute approximate surface area is 154 Å². The number of piperazine rings is 1. The number of para-hydroxylation sites is 2. The molecule has 0 amide bonds. The lowest BCUT2D eigenvalue weighted by atomic mass is 10.2. The molecule has 2 aliphatic heterocycles. The molecular formula is C17H19IN4S. The molecule has 0 radical (unpaired) electrons. The second-order valence-electron chi connectivity index (χ2n) is 6.07. The lowest BCUT2D eigenvalue weighted by molar-refractivity contribution is 0.205. The molecule has 2 aliphatic rings. The monoisotopic (exact) mass is 438 g/mol. The van der Waals surface area contributed by atoms with Crippen molar-refractivity contribution in [1.82, 2.24) is 9.80 Å². The summed E-state index contributed by atoms with van der Waals surface area (Å²) in [6.07, 6.45) is 0. The van der Waals surface area contributed by atoms with Gasteiger partial charge < -0.3 is 9.80 Å². The Morgan fingerprint density at radius 1 is 1.13 bits per heavy atom. The van der Waals surface area contributed by atoms with Crippen molar-refractivity contribution in [3.8, 4) is 0 Å². The molecule has 1 saturated heterocycles. The number of aryl methyl sites for hydroxylation is 1. The van der Waals surface area contributed by atoms with Crippen LogP contribution in [-0.4, -0.2) is 43.0 Å². The number of hydrogen-bond acceptors (Lipinski definition) is 5. The van der Waals surface area contributed by atoms with Crippen molar-refractivity contribution >= 4 is 51.4 Å². The molecule has 4 rings (SSSR count). The fourth-order valence-electron chi connectivity index (χ4n) is 3.11. The van der Waals surface area contributed by atoms with Gasteiger partial charge in [-0.3, -0.25) is 3.11 Å². The first-order chi connectivity index (χ1) is 11.1. The van der Waals surface area contributed by atoms with Gasteiger partial charge in [0, 0.05) is 31.1 Å². The quantitative estimate of drug-likeness (QED) is 0.505. The van der Waals surface area contributed by atoms with Gasteiger partial charge in [-0.2, -0.15) is 0 Å². The van der Waals surface area contributed by atoms with Crippen LogP contribution >= 0.6 is 34.2 Å². The minimum absolute atomic E-state index is 1.05. The Morgan fingerprint density at radius 3 is 2.65 bits per heavy atom. The predicted octanol–water partition coefficient (Wildman–Crippen LogP) is 2.49. The minimum atomic E-state index is 1.05. The zero-order chi connectivity index (χ0) is 16.0. The molecule has 0 bridgehead atoms. The maximum Gasteiger partial charge on any atom is 0.128 e. The SMILES string of the molecule is Cc1cc2c(s1)=Nc1ccccc1N(I)C=2N1CCN(C)CC1. The van der Waals surface area contributed by atoms with Crippen molar-refractivity contribution in [2.45, 2.75) is 6.92 Å². The van der Waals surface area contributed by atoms with E-state index in [-0.39, 0.29) is 0 Å². The standard InChI is InChI=1S/C17H19IN4S/c1-12-11-13-16(23-12)19-14-5-3-4-6-15(14)22(18)17(13)21-9-7-20(2)8-10-21/h3-6,11H,7-10H2,1-2H3. The molecule has 3 heterocycles. The lowest BCUT2D eigenvalue weighted by Crippen LogP contribution is -2.48. The number of hydrogen-bond donors (Lipinski definition) is 0. The summed E-state index contributed by atoms with van der Waals surface area (Å²) in [4.78, 5) is 11.2. The Bertz CT molecular complexity index is 852. The van der Waals surface area contributed by atoms with Gasteiger partial charge in [0.05, 0.1) is 39.5 Å². The second-order valence-corrected chi connectivity index (χ2v) is 8.27. The topological polar surface area (TPSA) is 22.1 Å². The number of likely N-dealkylation sites (N-methyl/N-ethyl adjacent to an activating group) is 1. The third-order valence-electron chi connectivity index (χ3n) is 4.38. The Kier molecular flexibility index (Phi) is 4.07. The molecule has 23 heavy (non-hydrogen) atoms. The second kappa shape index (κ2) is 6.07. The first kappa shape index (κ1) is 15.4. The largest absolute Gasteiger partial charge is 0.354 e. The fourth-order valence-corrected chi connectivity index (χ4v) is 4.97. The van der Waals surface area contributed by atoms with Crippen LogP contribution in [0.5, 0.6) is 0 Å². The van der Waals surface area contributed by atoms with Crippen molar-refractivity contribution in [3.63, 3.8) is 0 Å². The molecule has 0 atom stereocenters. The normalized spacial score (nSPS) is 18.3. The Balaban J connectivity index is 1.93. The zero-order valence-corrected chi connectivity index (χ0v) is 16.3. The van der Waals surface area contributed by atoms with Crippen LogP contribution in [-0.2, 0) is 0 Å². The van der Waals surface area contributed by atoms with E-state index in [1.807, 2.05) is 0 Å². The van der Waals surface area contributed by atoms with Crippen molar-refractivity contribution in [3.05, 3.63) is 45.1 Å². The van der Waals surface area contributed by atoms with E-state index in [0.717, 1.165) is 36.5 Å². The Morgan fingerprint density at radius 2 is 1.87 bits per heavy atom. The first-order valence-corrected chi connectivity index (χ1v) is 9.59. The maximum absolute atomic E-state index is 4.95. The molecule has 0 unspecified atom stereocenters. The van der Waals surface area contributed by atoms with Crippen molar-refractivity contribution in [1.29, 1.82) is 0 Å². The third kappa shape index (κ3) is 2.77. The molecule has 0 N–H and O–H groups in total. The summed E-state index contributed by atoms with van der Waals surface area (Å²) in [5.41, 5.74) is 2.22. The number of nitrogens with zero attached hydrogens (tertiary/aromatic N) is 4. The van der Waals surface area contributed by atoms with Gasteiger partial charge in [-0.1, -0.05) is 12.1 Å². The highest BCUT2D eigenvalue weighted by Gasteiger charge is 2.25. The summed E-state index contributed by atoms with van der Waals surface area (Å²) in [6.45, 7) is 6.49. The molecule has 4 nitrogen and oxygen atoms in total. The average molecular weight is 438 g/mol. The molecule has 120 valence electrons. The average Bonchev–Trinajstić information content (AvgIpc) is 2.85. The van der Waals surface area contributed by atoms with Gasteiger partial charge in [0.2, 0.25) is 0 Å². The van der Waals surface area contributed by atoms with Gasteiger partial charge in [0.1, 0.15) is 10.5 Å². The van der Waals surface area contributed by atoms with E-state index in [1.54, 1.807) is 11.3 Å². The number of halogens is 1. The fraction of sp³-hybridized carbons (Fsp3) is 0.353. The highest BCUT2D eigenvalue weighted by Crippen LogP contribution is 2.35. The maximum atomic E-state index is 4.95. The van der Waals surface area contributed by atoms with Crippen LogP contribution < -0.4 is 13.0 Å². The molecule has 6 heteroatoms. The summed E-state index contributed by atoms with van der Waals surface area (Å²) in [7, 11) is 2.20. The summed E-state index contributed by atoms with van der Waals surface area (Å²) < 4.78 is 3.42. The summed E-state index contributed by atoms with van der Waals surface area (Å²) >= 11 is 4.22. The molecule has 0 aliphatic carbocycles. The van der Waals surface area contributed by atoms with E-state index in [1.165, 1.54) is 21.6 Å². The zero-order valence-electron chi connectivity index (χ0n) is 13.3. The van der Waals surface area contributed by atoms with Crippen molar-refractivity contribution in [2.75, 3.05) is 36.3 Å². The highest BCUT2D eigenvalue weighted by atomic mass is 127. The van der Waals surface area contributed by atoms with Crippen LogP contribution in [0.2, 0.25) is 0 Å². The number of benzene rings is 1. The Hall–Kier alpha value is -1.12. The van der Waals surface area contributed by atoms with Crippen LogP contribution in [0, 0.1) is 6.92 Å². The molecule has 2 aromatic rings. The molecule has 0 spiro atoms. The van der Waals surface area contributed by atoms with E-state index in [2.05, 4.69) is 80.1 Å². The number of fused-ring (bicyclic) bond motifs is 2. The van der Waals surface area contributed by atoms with E-state index in [4.69, 9.17) is 4.99 Å². The lowest BCUT2D eigenvalue weighted by Gasteiger charge is -2.38. The summed E-state index contributed by atoms with van der Waals surface area (Å²) in [6, 6.07) is 10.7. The molecule has 0 saturated carbocycles. The first-order valence-electron chi connectivity index (χ1n) is 7.81. The molecule has 1 fully saturated rings. The van der Waals surface area contributed by atoms with Crippen LogP contribution in [0.4, 0.5) is 11.4 Å². The van der Waals surface area contributed by atoms with Crippen LogP contribution in [0.3, 0.4) is 0 Å². The van der Waals surface area contributed by atoms with Crippen LogP contribution in [0.15, 0.2) is 35.3 Å². The van der Waals surface area contributed by atoms with Crippen LogP contribution in [0.25, 0.3) is 5.82 Å². The van der Waals surface area contributed by atoms with Gasteiger partial charge in [0.25, 0.3) is 0 Å². The van der Waals surface area contributed by atoms with E-state index < -0.39 is 0 Å². The van der Waals surface area contributed by atoms with E-state index in [9.17, 15) is 0 Å². The van der Waals surface area contributed by atoms with Gasteiger partial charge in [-0.05, 0) is 32.2 Å². The van der Waals surface area contributed by atoms with Gasteiger partial charge >= 0.3 is 0 Å². The minimum Gasteiger partial charge on any atom is -0.354 e. The van der Waals surface area contributed by atoms with Crippen molar-refractivity contribution < 1.29 is 0 Å². The van der Waals surface area contributed by atoms with Crippen molar-refractivity contribution in [2.24, 2.45) is 4.99 Å². The third-order valence-corrected chi connectivity index (χ3v) is 6.30. The number of rotatable bonds is 1. The van der Waals surface area contributed by atoms with Gasteiger partial charge in [-0.15, -0.1) is 11.3 Å². The number of thiophene rings is 1. The highest BCUT2D eigenvalue weighted by molar-refractivity contribution is 14.1. The predicted molar refractivity (Wildman–Crippen MR) is 105 cm³/mol. The smallest absolute Gasteiger partial charge is 0.128 e. The summed E-state index contributed by atoms with van der Waals surface area (Å²) in [5, 5.41) is 1.27. The van der Waals surface area contributed by atoms with Gasteiger partial charge in [-0.25, -0.2) is 4.99 Å². The van der Waals surface area contributed by atoms with E-state index >= 15 is 0 Å².